The molecule has 5 rings (SSSR count). The van der Waals surface area contributed by atoms with Gasteiger partial charge in [-0.1, -0.05) is 17.7 Å². The maximum atomic E-state index is 14.2. The van der Waals surface area contributed by atoms with Crippen molar-refractivity contribution in [3.05, 3.63) is 63.6 Å². The molecule has 0 spiro atoms. The molecular weight excluding hydrogens is 435 g/mol. The predicted molar refractivity (Wildman–Crippen MR) is 119 cm³/mol. The number of allylic oxidation sites excluding steroid dienone is 1. The number of ketones is 1. The summed E-state index contributed by atoms with van der Waals surface area (Å²) in [4.78, 5) is 17.5. The molecular formula is C24H24ClFN2O4. The number of nitrogens with zero attached hydrogens (tertiary/aromatic N) is 2. The van der Waals surface area contributed by atoms with Gasteiger partial charge in [0.2, 0.25) is 5.78 Å². The van der Waals surface area contributed by atoms with E-state index in [-0.39, 0.29) is 22.1 Å². The van der Waals surface area contributed by atoms with Crippen LogP contribution in [0.2, 0.25) is 5.02 Å². The highest BCUT2D eigenvalue weighted by Gasteiger charge is 2.34. The van der Waals surface area contributed by atoms with Crippen molar-refractivity contribution in [3.63, 3.8) is 0 Å². The van der Waals surface area contributed by atoms with Gasteiger partial charge < -0.3 is 14.2 Å². The standard InChI is InChI=1S/C24H24ClFN2O4/c25-19-3-1-4-20(26)17(19)13-22-23(29)16-5-6-21-18(24(16)32-22)14-28(15-31-21)8-2-7-27-9-11-30-12-10-27/h1,3-6,13H,2,7-12,14-15H2/b22-13-. The number of benzene rings is 2. The quantitative estimate of drug-likeness (QED) is 0.632. The zero-order chi connectivity index (χ0) is 22.1. The molecule has 3 heterocycles. The molecule has 2 aromatic carbocycles. The minimum absolute atomic E-state index is 0.0600. The fraction of sp³-hybridized carbons (Fsp3) is 0.375. The molecule has 0 aliphatic carbocycles. The molecule has 2 aromatic rings. The Balaban J connectivity index is 1.31. The van der Waals surface area contributed by atoms with Crippen molar-refractivity contribution in [1.82, 2.24) is 9.80 Å². The van der Waals surface area contributed by atoms with Crippen molar-refractivity contribution in [2.45, 2.75) is 13.0 Å². The van der Waals surface area contributed by atoms with Gasteiger partial charge in [0.1, 0.15) is 24.0 Å². The molecule has 0 atom stereocenters. The van der Waals surface area contributed by atoms with Crippen LogP contribution in [0.1, 0.15) is 27.9 Å². The van der Waals surface area contributed by atoms with Crippen molar-refractivity contribution < 1.29 is 23.4 Å². The molecule has 0 bridgehead atoms. The highest BCUT2D eigenvalue weighted by molar-refractivity contribution is 6.32. The molecule has 1 saturated heterocycles. The van der Waals surface area contributed by atoms with Gasteiger partial charge in [0.25, 0.3) is 0 Å². The number of morpholine rings is 1. The highest BCUT2D eigenvalue weighted by atomic mass is 35.5. The summed E-state index contributed by atoms with van der Waals surface area (Å²) in [7, 11) is 0. The largest absolute Gasteiger partial charge is 0.478 e. The van der Waals surface area contributed by atoms with Crippen LogP contribution >= 0.6 is 11.6 Å². The Kier molecular flexibility index (Phi) is 6.15. The first-order chi connectivity index (χ1) is 15.6. The number of rotatable bonds is 5. The lowest BCUT2D eigenvalue weighted by atomic mass is 10.0. The van der Waals surface area contributed by atoms with E-state index in [1.165, 1.54) is 18.2 Å². The van der Waals surface area contributed by atoms with Crippen LogP contribution in [0.3, 0.4) is 0 Å². The topological polar surface area (TPSA) is 51.2 Å². The van der Waals surface area contributed by atoms with E-state index in [2.05, 4.69) is 9.80 Å². The maximum absolute atomic E-state index is 14.2. The lowest BCUT2D eigenvalue weighted by Gasteiger charge is -2.31. The van der Waals surface area contributed by atoms with E-state index in [0.29, 0.717) is 30.3 Å². The number of hydrogen-bond donors (Lipinski definition) is 0. The zero-order valence-corrected chi connectivity index (χ0v) is 18.4. The van der Waals surface area contributed by atoms with Crippen molar-refractivity contribution in [2.24, 2.45) is 0 Å². The Hall–Kier alpha value is -2.45. The summed E-state index contributed by atoms with van der Waals surface area (Å²) < 4.78 is 31.5. The number of carbonyl (C=O) groups excluding carboxylic acids is 1. The van der Waals surface area contributed by atoms with E-state index in [4.69, 9.17) is 25.8 Å². The van der Waals surface area contributed by atoms with Crippen LogP contribution in [0, 0.1) is 5.82 Å². The summed E-state index contributed by atoms with van der Waals surface area (Å²) >= 11 is 6.12. The number of halogens is 2. The summed E-state index contributed by atoms with van der Waals surface area (Å²) in [6, 6.07) is 7.91. The van der Waals surface area contributed by atoms with Crippen LogP contribution in [0.5, 0.6) is 11.5 Å². The van der Waals surface area contributed by atoms with E-state index >= 15 is 0 Å². The van der Waals surface area contributed by atoms with Crippen molar-refractivity contribution in [1.29, 1.82) is 0 Å². The van der Waals surface area contributed by atoms with Gasteiger partial charge >= 0.3 is 0 Å². The zero-order valence-electron chi connectivity index (χ0n) is 17.6. The van der Waals surface area contributed by atoms with Crippen LogP contribution in [-0.4, -0.2) is 61.7 Å². The molecule has 1 fully saturated rings. The average molecular weight is 459 g/mol. The molecule has 0 N–H and O–H groups in total. The van der Waals surface area contributed by atoms with Gasteiger partial charge in [-0.2, -0.15) is 0 Å². The van der Waals surface area contributed by atoms with Gasteiger partial charge in [-0.15, -0.1) is 0 Å². The summed E-state index contributed by atoms with van der Waals surface area (Å²) in [5, 5.41) is 0.224. The number of carbonyl (C=O) groups is 1. The molecule has 6 nitrogen and oxygen atoms in total. The van der Waals surface area contributed by atoms with E-state index in [1.54, 1.807) is 18.2 Å². The van der Waals surface area contributed by atoms with Crippen molar-refractivity contribution in [2.75, 3.05) is 46.1 Å². The van der Waals surface area contributed by atoms with Crippen LogP contribution in [0.15, 0.2) is 36.1 Å². The maximum Gasteiger partial charge on any atom is 0.231 e. The van der Waals surface area contributed by atoms with Crippen LogP contribution in [-0.2, 0) is 11.3 Å². The van der Waals surface area contributed by atoms with Crippen LogP contribution in [0.4, 0.5) is 4.39 Å². The first-order valence-corrected chi connectivity index (χ1v) is 11.2. The molecule has 0 aromatic heterocycles. The highest BCUT2D eigenvalue weighted by Crippen LogP contribution is 2.42. The average Bonchev–Trinajstić information content (AvgIpc) is 3.13. The normalized spacial score (nSPS) is 20.1. The minimum atomic E-state index is -0.505. The van der Waals surface area contributed by atoms with Gasteiger partial charge in [0.15, 0.2) is 5.76 Å². The lowest BCUT2D eigenvalue weighted by Crippen LogP contribution is -2.39. The van der Waals surface area contributed by atoms with E-state index in [0.717, 1.165) is 51.4 Å². The molecule has 0 amide bonds. The van der Waals surface area contributed by atoms with E-state index in [9.17, 15) is 9.18 Å². The molecule has 168 valence electrons. The van der Waals surface area contributed by atoms with Gasteiger partial charge in [0.05, 0.1) is 29.4 Å². The van der Waals surface area contributed by atoms with Gasteiger partial charge in [0, 0.05) is 31.7 Å². The van der Waals surface area contributed by atoms with Crippen molar-refractivity contribution >= 4 is 23.5 Å². The summed E-state index contributed by atoms with van der Waals surface area (Å²) in [5.41, 5.74) is 1.44. The van der Waals surface area contributed by atoms with Crippen LogP contribution < -0.4 is 9.47 Å². The Morgan fingerprint density at radius 3 is 2.72 bits per heavy atom. The number of fused-ring (bicyclic) bond motifs is 3. The monoisotopic (exact) mass is 458 g/mol. The smallest absolute Gasteiger partial charge is 0.231 e. The fourth-order valence-electron chi connectivity index (χ4n) is 4.27. The summed E-state index contributed by atoms with van der Waals surface area (Å²) in [5.74, 6) is 0.473. The predicted octanol–water partition coefficient (Wildman–Crippen LogP) is 3.97. The third-order valence-corrected chi connectivity index (χ3v) is 6.34. The Morgan fingerprint density at radius 2 is 1.91 bits per heavy atom. The summed E-state index contributed by atoms with van der Waals surface area (Å²) in [6.45, 7) is 6.57. The molecule has 3 aliphatic heterocycles. The van der Waals surface area contributed by atoms with Crippen molar-refractivity contribution in [3.8, 4) is 11.5 Å². The molecule has 3 aliphatic rings. The van der Waals surface area contributed by atoms with Gasteiger partial charge in [-0.05, 0) is 43.3 Å². The fourth-order valence-corrected chi connectivity index (χ4v) is 4.49. The lowest BCUT2D eigenvalue weighted by molar-refractivity contribution is 0.0329. The first kappa shape index (κ1) is 21.4. The molecule has 8 heteroatoms. The minimum Gasteiger partial charge on any atom is -0.478 e. The number of Topliss-reactive ketones (excluding diaryl/α,β-unsaturated/α-hetero) is 1. The second-order valence-electron chi connectivity index (χ2n) is 8.13. The van der Waals surface area contributed by atoms with E-state index < -0.39 is 5.82 Å². The van der Waals surface area contributed by atoms with Crippen LogP contribution in [0.25, 0.3) is 6.08 Å². The number of hydrogen-bond acceptors (Lipinski definition) is 6. The second kappa shape index (κ2) is 9.19. The third kappa shape index (κ3) is 4.26. The van der Waals surface area contributed by atoms with Gasteiger partial charge in [-0.3, -0.25) is 14.6 Å². The SMILES string of the molecule is O=C1/C(=C/c2c(F)cccc2Cl)Oc2c1ccc1c2CN(CCCN2CCOCC2)CO1. The second-order valence-corrected chi connectivity index (χ2v) is 8.53. The Morgan fingerprint density at radius 1 is 1.09 bits per heavy atom. The van der Waals surface area contributed by atoms with Gasteiger partial charge in [-0.25, -0.2) is 4.39 Å². The Bertz CT molecular complexity index is 1050. The summed E-state index contributed by atoms with van der Waals surface area (Å²) in [6.07, 6.45) is 2.39. The Labute approximate surface area is 191 Å². The van der Waals surface area contributed by atoms with E-state index in [1.807, 2.05) is 0 Å². The first-order valence-electron chi connectivity index (χ1n) is 10.8. The molecule has 0 unspecified atom stereocenters. The number of ether oxygens (including phenoxy) is 3. The third-order valence-electron chi connectivity index (χ3n) is 6.01. The molecule has 32 heavy (non-hydrogen) atoms. The molecule has 0 radical (unpaired) electrons. The molecule has 0 saturated carbocycles.